The Labute approximate surface area is 124 Å². The molecule has 5 nitrogen and oxygen atoms in total. The van der Waals surface area contributed by atoms with Crippen molar-refractivity contribution in [1.29, 1.82) is 0 Å². The molecule has 118 valence electrons. The van der Waals surface area contributed by atoms with Gasteiger partial charge in [-0.3, -0.25) is 0 Å². The highest BCUT2D eigenvalue weighted by atomic mass is 32.2. The fraction of sp³-hybridized carbons (Fsp3) is 0.500. The van der Waals surface area contributed by atoms with Gasteiger partial charge in [-0.2, -0.15) is 0 Å². The number of nitrogens with two attached hydrogens (primary N) is 1. The van der Waals surface area contributed by atoms with Gasteiger partial charge in [0.15, 0.2) is 0 Å². The maximum absolute atomic E-state index is 14.0. The smallest absolute Gasteiger partial charge is 0.341 e. The zero-order valence-electron chi connectivity index (χ0n) is 12.5. The second-order valence-electron chi connectivity index (χ2n) is 5.49. The predicted octanol–water partition coefficient (Wildman–Crippen LogP) is 2.37. The van der Waals surface area contributed by atoms with Crippen LogP contribution in [0, 0.1) is 18.7 Å². The van der Waals surface area contributed by atoms with Crippen molar-refractivity contribution in [1.82, 2.24) is 0 Å². The van der Waals surface area contributed by atoms with Crippen LogP contribution in [0.1, 0.15) is 43.1 Å². The molecule has 1 aromatic rings. The molecule has 1 unspecified atom stereocenters. The quantitative estimate of drug-likeness (QED) is 0.845. The summed E-state index contributed by atoms with van der Waals surface area (Å²) in [4.78, 5) is 11.7. The summed E-state index contributed by atoms with van der Waals surface area (Å²) in [5, 5.41) is 5.01. The zero-order valence-corrected chi connectivity index (χ0v) is 13.3. The lowest BCUT2D eigenvalue weighted by Crippen LogP contribution is -2.20. The Morgan fingerprint density at radius 3 is 2.38 bits per heavy atom. The molecule has 2 N–H and O–H groups in total. The number of rotatable bonds is 5. The van der Waals surface area contributed by atoms with E-state index < -0.39 is 33.5 Å². The van der Waals surface area contributed by atoms with E-state index in [4.69, 9.17) is 9.88 Å². The van der Waals surface area contributed by atoms with Crippen molar-refractivity contribution in [2.24, 2.45) is 11.1 Å². The normalized spacial score (nSPS) is 13.3. The first kappa shape index (κ1) is 17.6. The third-order valence-corrected chi connectivity index (χ3v) is 3.78. The Morgan fingerprint density at radius 1 is 1.33 bits per heavy atom. The van der Waals surface area contributed by atoms with Crippen LogP contribution in [-0.2, 0) is 14.8 Å². The van der Waals surface area contributed by atoms with Gasteiger partial charge in [-0.05, 0) is 43.9 Å². The van der Waals surface area contributed by atoms with Crippen molar-refractivity contribution in [3.8, 4) is 0 Å². The van der Waals surface area contributed by atoms with Gasteiger partial charge in [0.05, 0.1) is 16.6 Å². The number of ether oxygens (including phenoxy) is 1. The van der Waals surface area contributed by atoms with E-state index in [2.05, 4.69) is 0 Å². The zero-order chi connectivity index (χ0) is 16.4. The molecule has 0 bridgehead atoms. The number of primary sulfonamides is 1. The number of carbonyl (C=O) groups is 1. The van der Waals surface area contributed by atoms with Crippen molar-refractivity contribution in [3.05, 3.63) is 29.1 Å². The van der Waals surface area contributed by atoms with Gasteiger partial charge in [-0.25, -0.2) is 22.7 Å². The Bertz CT molecular complexity index is 641. The van der Waals surface area contributed by atoms with Crippen molar-refractivity contribution < 1.29 is 22.3 Å². The van der Waals surface area contributed by atoms with Crippen LogP contribution in [0.5, 0.6) is 0 Å². The number of carbonyl (C=O) groups excluding carboxylic acids is 1. The number of esters is 1. The van der Waals surface area contributed by atoms with E-state index in [9.17, 15) is 17.6 Å². The molecule has 0 saturated carbocycles. The van der Waals surface area contributed by atoms with Gasteiger partial charge in [0.2, 0.25) is 10.0 Å². The third kappa shape index (κ3) is 4.78. The Balaban J connectivity index is 3.12. The van der Waals surface area contributed by atoms with E-state index in [1.54, 1.807) is 6.92 Å². The minimum Gasteiger partial charge on any atom is -0.459 e. The Kier molecular flexibility index (Phi) is 5.47. The molecule has 0 aliphatic heterocycles. The van der Waals surface area contributed by atoms with Crippen molar-refractivity contribution >= 4 is 16.0 Å². The number of hydrogen-bond acceptors (Lipinski definition) is 4. The van der Waals surface area contributed by atoms with E-state index in [1.165, 1.54) is 6.92 Å². The third-order valence-electron chi connectivity index (χ3n) is 2.89. The standard InChI is InChI=1S/C14H20FNO4S/c1-8(2)5-10(4)20-14(17)12-7-11(21(16,18)19)6-9(3)13(12)15/h6-8,10H,5H2,1-4H3,(H2,16,18,19). The second-order valence-corrected chi connectivity index (χ2v) is 7.05. The first-order valence-electron chi connectivity index (χ1n) is 6.56. The van der Waals surface area contributed by atoms with Gasteiger partial charge >= 0.3 is 5.97 Å². The van der Waals surface area contributed by atoms with Gasteiger partial charge in [0.1, 0.15) is 5.82 Å². The van der Waals surface area contributed by atoms with Crippen LogP contribution in [0.2, 0.25) is 0 Å². The predicted molar refractivity (Wildman–Crippen MR) is 76.8 cm³/mol. The van der Waals surface area contributed by atoms with Gasteiger partial charge in [0, 0.05) is 0 Å². The molecule has 1 atom stereocenters. The van der Waals surface area contributed by atoms with Crippen LogP contribution in [-0.4, -0.2) is 20.5 Å². The molecule has 0 radical (unpaired) electrons. The van der Waals surface area contributed by atoms with Crippen LogP contribution in [0.15, 0.2) is 17.0 Å². The summed E-state index contributed by atoms with van der Waals surface area (Å²) in [6.45, 7) is 7.00. The molecule has 0 saturated heterocycles. The molecular weight excluding hydrogens is 297 g/mol. The number of sulfonamides is 1. The minimum atomic E-state index is -4.02. The first-order chi connectivity index (χ1) is 9.52. The molecule has 0 fully saturated rings. The van der Waals surface area contributed by atoms with E-state index in [0.717, 1.165) is 12.1 Å². The van der Waals surface area contributed by atoms with Gasteiger partial charge in [0.25, 0.3) is 0 Å². The lowest BCUT2D eigenvalue weighted by Gasteiger charge is -2.16. The largest absolute Gasteiger partial charge is 0.459 e. The first-order valence-corrected chi connectivity index (χ1v) is 8.11. The molecule has 0 aliphatic rings. The maximum atomic E-state index is 14.0. The van der Waals surface area contributed by atoms with Crippen LogP contribution >= 0.6 is 0 Å². The van der Waals surface area contributed by atoms with Crippen LogP contribution in [0.4, 0.5) is 4.39 Å². The molecule has 1 aromatic carbocycles. The van der Waals surface area contributed by atoms with Crippen LogP contribution < -0.4 is 5.14 Å². The highest BCUT2D eigenvalue weighted by molar-refractivity contribution is 7.89. The highest BCUT2D eigenvalue weighted by Gasteiger charge is 2.22. The minimum absolute atomic E-state index is 0.0185. The summed E-state index contributed by atoms with van der Waals surface area (Å²) in [6.07, 6.45) is 0.233. The van der Waals surface area contributed by atoms with Gasteiger partial charge < -0.3 is 4.74 Å². The van der Waals surface area contributed by atoms with Gasteiger partial charge in [-0.15, -0.1) is 0 Å². The fourth-order valence-corrected chi connectivity index (χ4v) is 2.63. The summed E-state index contributed by atoms with van der Waals surface area (Å²) in [5.41, 5.74) is -0.403. The van der Waals surface area contributed by atoms with Crippen LogP contribution in [0.3, 0.4) is 0 Å². The molecule has 7 heteroatoms. The van der Waals surface area contributed by atoms with Crippen molar-refractivity contribution in [3.63, 3.8) is 0 Å². The lowest BCUT2D eigenvalue weighted by molar-refractivity contribution is 0.0294. The monoisotopic (exact) mass is 317 g/mol. The van der Waals surface area contributed by atoms with Crippen LogP contribution in [0.25, 0.3) is 0 Å². The average Bonchev–Trinajstić information content (AvgIpc) is 2.29. The van der Waals surface area contributed by atoms with Gasteiger partial charge in [-0.1, -0.05) is 13.8 Å². The average molecular weight is 317 g/mol. The molecule has 21 heavy (non-hydrogen) atoms. The second kappa shape index (κ2) is 6.53. The summed E-state index contributed by atoms with van der Waals surface area (Å²) in [5.74, 6) is -1.38. The Hall–Kier alpha value is -1.47. The molecular formula is C14H20FNO4S. The van der Waals surface area contributed by atoms with E-state index in [1.807, 2.05) is 13.8 Å². The summed E-state index contributed by atoms with van der Waals surface area (Å²) < 4.78 is 41.8. The van der Waals surface area contributed by atoms with Crippen molar-refractivity contribution in [2.75, 3.05) is 0 Å². The highest BCUT2D eigenvalue weighted by Crippen LogP contribution is 2.20. The number of aryl methyl sites for hydroxylation is 1. The number of benzene rings is 1. The summed E-state index contributed by atoms with van der Waals surface area (Å²) in [7, 11) is -4.02. The molecule has 1 rings (SSSR count). The summed E-state index contributed by atoms with van der Waals surface area (Å²) >= 11 is 0. The van der Waals surface area contributed by atoms with Crippen molar-refractivity contribution in [2.45, 2.75) is 45.1 Å². The Morgan fingerprint density at radius 2 is 1.90 bits per heavy atom. The molecule has 0 aliphatic carbocycles. The fourth-order valence-electron chi connectivity index (χ4n) is 2.01. The molecule has 0 amide bonds. The number of hydrogen-bond donors (Lipinski definition) is 1. The van der Waals surface area contributed by atoms with E-state index in [-0.39, 0.29) is 10.5 Å². The molecule has 0 spiro atoms. The maximum Gasteiger partial charge on any atom is 0.341 e. The SMILES string of the molecule is Cc1cc(S(N)(=O)=O)cc(C(=O)OC(C)CC(C)C)c1F. The summed E-state index contributed by atoms with van der Waals surface area (Å²) in [6, 6.07) is 1.99. The number of halogens is 1. The van der Waals surface area contributed by atoms with E-state index in [0.29, 0.717) is 12.3 Å². The lowest BCUT2D eigenvalue weighted by atomic mass is 10.1. The molecule has 0 aromatic heterocycles. The topological polar surface area (TPSA) is 86.5 Å². The molecule has 0 heterocycles. The van der Waals surface area contributed by atoms with E-state index >= 15 is 0 Å².